The molecule has 0 heterocycles. The van der Waals surface area contributed by atoms with E-state index in [1.54, 1.807) is 12.2 Å². The van der Waals surface area contributed by atoms with E-state index in [1.165, 1.54) is 0 Å². The first kappa shape index (κ1) is 11.5. The Morgan fingerprint density at radius 3 is 2.73 bits per heavy atom. The van der Waals surface area contributed by atoms with E-state index in [0.29, 0.717) is 6.42 Å². The minimum atomic E-state index is -0.842. The van der Waals surface area contributed by atoms with Gasteiger partial charge in [0.25, 0.3) is 0 Å². The molecule has 3 heteroatoms. The van der Waals surface area contributed by atoms with Gasteiger partial charge < -0.3 is 10.2 Å². The minimum Gasteiger partial charge on any atom is -0.481 e. The van der Waals surface area contributed by atoms with Crippen molar-refractivity contribution >= 4 is 12.0 Å². The van der Waals surface area contributed by atoms with Gasteiger partial charge in [-0.05, 0) is 17.5 Å². The van der Waals surface area contributed by atoms with Crippen molar-refractivity contribution in [1.82, 2.24) is 0 Å². The van der Waals surface area contributed by atoms with Crippen LogP contribution in [0.5, 0.6) is 0 Å². The van der Waals surface area contributed by atoms with E-state index < -0.39 is 5.97 Å². The number of aliphatic hydroxyl groups excluding tert-OH is 1. The Labute approximate surface area is 88.7 Å². The second kappa shape index (κ2) is 5.98. The molecule has 0 atom stereocenters. The van der Waals surface area contributed by atoms with Gasteiger partial charge in [-0.2, -0.15) is 0 Å². The van der Waals surface area contributed by atoms with Gasteiger partial charge in [-0.15, -0.1) is 0 Å². The predicted molar refractivity (Wildman–Crippen MR) is 58.5 cm³/mol. The number of carboxylic acids is 1. The lowest BCUT2D eigenvalue weighted by Gasteiger charge is -2.02. The van der Waals surface area contributed by atoms with E-state index in [0.717, 1.165) is 11.1 Å². The zero-order valence-corrected chi connectivity index (χ0v) is 8.39. The third kappa shape index (κ3) is 3.95. The third-order valence-electron chi connectivity index (χ3n) is 2.03. The number of aliphatic hydroxyl groups is 1. The molecule has 80 valence electrons. The van der Waals surface area contributed by atoms with Crippen LogP contribution >= 0.6 is 0 Å². The smallest absolute Gasteiger partial charge is 0.307 e. The lowest BCUT2D eigenvalue weighted by Crippen LogP contribution is -1.94. The zero-order valence-electron chi connectivity index (χ0n) is 8.39. The van der Waals surface area contributed by atoms with Crippen LogP contribution in [0.25, 0.3) is 6.08 Å². The SMILES string of the molecule is O=C(O)CC=Cc1ccccc1CCO. The maximum Gasteiger partial charge on any atom is 0.307 e. The molecule has 15 heavy (non-hydrogen) atoms. The molecule has 0 saturated carbocycles. The summed E-state index contributed by atoms with van der Waals surface area (Å²) in [6, 6.07) is 7.63. The Kier molecular flexibility index (Phi) is 4.57. The Hall–Kier alpha value is -1.61. The number of rotatable bonds is 5. The van der Waals surface area contributed by atoms with Gasteiger partial charge in [0.05, 0.1) is 6.42 Å². The number of carbonyl (C=O) groups is 1. The number of carboxylic acid groups (broad SMARTS) is 1. The highest BCUT2D eigenvalue weighted by atomic mass is 16.4. The average Bonchev–Trinajstić information content (AvgIpc) is 2.20. The second-order valence-electron chi connectivity index (χ2n) is 3.17. The van der Waals surface area contributed by atoms with Crippen LogP contribution in [0.2, 0.25) is 0 Å². The third-order valence-corrected chi connectivity index (χ3v) is 2.03. The van der Waals surface area contributed by atoms with E-state index in [4.69, 9.17) is 10.2 Å². The van der Waals surface area contributed by atoms with Gasteiger partial charge in [-0.3, -0.25) is 4.79 Å². The first-order chi connectivity index (χ1) is 7.24. The van der Waals surface area contributed by atoms with Gasteiger partial charge >= 0.3 is 5.97 Å². The summed E-state index contributed by atoms with van der Waals surface area (Å²) in [4.78, 5) is 10.3. The molecule has 0 aliphatic carbocycles. The fourth-order valence-electron chi connectivity index (χ4n) is 1.33. The van der Waals surface area contributed by atoms with Crippen LogP contribution in [-0.4, -0.2) is 22.8 Å². The molecular formula is C12H14O3. The summed E-state index contributed by atoms with van der Waals surface area (Å²) in [5.41, 5.74) is 1.99. The molecule has 0 fully saturated rings. The molecule has 0 unspecified atom stereocenters. The number of hydrogen-bond donors (Lipinski definition) is 2. The molecule has 3 nitrogen and oxygen atoms in total. The standard InChI is InChI=1S/C12H14O3/c13-9-8-11-5-2-1-4-10(11)6-3-7-12(14)15/h1-6,13H,7-9H2,(H,14,15). The lowest BCUT2D eigenvalue weighted by molar-refractivity contribution is -0.135. The zero-order chi connectivity index (χ0) is 11.1. The highest BCUT2D eigenvalue weighted by Gasteiger charge is 1.97. The van der Waals surface area contributed by atoms with Gasteiger partial charge in [0, 0.05) is 6.61 Å². The van der Waals surface area contributed by atoms with Crippen LogP contribution in [-0.2, 0) is 11.2 Å². The molecule has 0 aliphatic rings. The summed E-state index contributed by atoms with van der Waals surface area (Å²) in [5.74, 6) is -0.842. The Morgan fingerprint density at radius 2 is 2.07 bits per heavy atom. The van der Waals surface area contributed by atoms with Crippen molar-refractivity contribution in [3.63, 3.8) is 0 Å². The van der Waals surface area contributed by atoms with Crippen molar-refractivity contribution in [2.75, 3.05) is 6.61 Å². The van der Waals surface area contributed by atoms with Crippen LogP contribution in [0.3, 0.4) is 0 Å². The number of benzene rings is 1. The van der Waals surface area contributed by atoms with E-state index >= 15 is 0 Å². The summed E-state index contributed by atoms with van der Waals surface area (Å²) >= 11 is 0. The van der Waals surface area contributed by atoms with Crippen LogP contribution in [0, 0.1) is 0 Å². The van der Waals surface area contributed by atoms with Gasteiger partial charge in [-0.25, -0.2) is 0 Å². The number of aliphatic carboxylic acids is 1. The quantitative estimate of drug-likeness (QED) is 0.771. The summed E-state index contributed by atoms with van der Waals surface area (Å²) in [5, 5.41) is 17.3. The molecule has 0 radical (unpaired) electrons. The van der Waals surface area contributed by atoms with Crippen LogP contribution in [0.1, 0.15) is 17.5 Å². The Morgan fingerprint density at radius 1 is 1.33 bits per heavy atom. The first-order valence-electron chi connectivity index (χ1n) is 4.81. The predicted octanol–water partition coefficient (Wildman–Crippen LogP) is 1.71. The van der Waals surface area contributed by atoms with Crippen LogP contribution in [0.4, 0.5) is 0 Å². The topological polar surface area (TPSA) is 57.5 Å². The molecule has 1 aromatic carbocycles. The van der Waals surface area contributed by atoms with Crippen molar-refractivity contribution in [1.29, 1.82) is 0 Å². The molecule has 0 saturated heterocycles. The van der Waals surface area contributed by atoms with Crippen molar-refractivity contribution in [3.8, 4) is 0 Å². The normalized spacial score (nSPS) is 10.7. The molecule has 1 aromatic rings. The first-order valence-corrected chi connectivity index (χ1v) is 4.81. The van der Waals surface area contributed by atoms with E-state index in [2.05, 4.69) is 0 Å². The molecular weight excluding hydrogens is 192 g/mol. The highest BCUT2D eigenvalue weighted by molar-refractivity contribution is 5.70. The second-order valence-corrected chi connectivity index (χ2v) is 3.17. The van der Waals surface area contributed by atoms with Gasteiger partial charge in [0.2, 0.25) is 0 Å². The molecule has 0 aromatic heterocycles. The maximum absolute atomic E-state index is 10.3. The van der Waals surface area contributed by atoms with Gasteiger partial charge in [-0.1, -0.05) is 36.4 Å². The van der Waals surface area contributed by atoms with Crippen LogP contribution < -0.4 is 0 Å². The fraction of sp³-hybridized carbons (Fsp3) is 0.250. The summed E-state index contributed by atoms with van der Waals surface area (Å²) < 4.78 is 0. The minimum absolute atomic E-state index is 0.0213. The highest BCUT2D eigenvalue weighted by Crippen LogP contribution is 2.11. The van der Waals surface area contributed by atoms with Crippen molar-refractivity contribution in [2.45, 2.75) is 12.8 Å². The number of hydrogen-bond acceptors (Lipinski definition) is 2. The molecule has 1 rings (SSSR count). The molecule has 0 bridgehead atoms. The van der Waals surface area contributed by atoms with Gasteiger partial charge in [0.15, 0.2) is 0 Å². The lowest BCUT2D eigenvalue weighted by atomic mass is 10.0. The maximum atomic E-state index is 10.3. The monoisotopic (exact) mass is 206 g/mol. The summed E-state index contributed by atoms with van der Waals surface area (Å²) in [7, 11) is 0. The average molecular weight is 206 g/mol. The van der Waals surface area contributed by atoms with E-state index in [9.17, 15) is 4.79 Å². The molecule has 0 spiro atoms. The van der Waals surface area contributed by atoms with Crippen molar-refractivity contribution in [3.05, 3.63) is 41.5 Å². The van der Waals surface area contributed by atoms with Crippen molar-refractivity contribution < 1.29 is 15.0 Å². The fourth-order valence-corrected chi connectivity index (χ4v) is 1.33. The molecule has 2 N–H and O–H groups in total. The Balaban J connectivity index is 2.74. The van der Waals surface area contributed by atoms with Crippen molar-refractivity contribution in [2.24, 2.45) is 0 Å². The summed E-state index contributed by atoms with van der Waals surface area (Å²) in [6.45, 7) is 0.101. The largest absolute Gasteiger partial charge is 0.481 e. The molecule has 0 amide bonds. The van der Waals surface area contributed by atoms with Crippen LogP contribution in [0.15, 0.2) is 30.3 Å². The van der Waals surface area contributed by atoms with E-state index in [1.807, 2.05) is 24.3 Å². The van der Waals surface area contributed by atoms with Gasteiger partial charge in [0.1, 0.15) is 0 Å². The van der Waals surface area contributed by atoms with E-state index in [-0.39, 0.29) is 13.0 Å². The summed E-state index contributed by atoms with van der Waals surface area (Å²) in [6.07, 6.45) is 4.00. The Bertz CT molecular complexity index is 356. The molecule has 0 aliphatic heterocycles.